The van der Waals surface area contributed by atoms with E-state index < -0.39 is 0 Å². The smallest absolute Gasteiger partial charge is 0.150 e. The van der Waals surface area contributed by atoms with E-state index in [1.54, 1.807) is 17.5 Å². The highest BCUT2D eigenvalue weighted by Gasteiger charge is 2.17. The number of hydrogen-bond donors (Lipinski definition) is 1. The molecule has 136 valence electrons. The minimum atomic E-state index is 0.455. The Morgan fingerprint density at radius 1 is 0.893 bits per heavy atom. The van der Waals surface area contributed by atoms with Crippen LogP contribution in [0.25, 0.3) is 28.2 Å². The normalized spacial score (nSPS) is 11.0. The van der Waals surface area contributed by atoms with Crippen molar-refractivity contribution in [1.29, 1.82) is 0 Å². The molecule has 0 spiro atoms. The molecule has 0 amide bonds. The van der Waals surface area contributed by atoms with E-state index in [9.17, 15) is 0 Å². The number of rotatable bonds is 4. The first kappa shape index (κ1) is 16.5. The molecule has 0 fully saturated rings. The summed E-state index contributed by atoms with van der Waals surface area (Å²) in [6, 6.07) is 19.6. The number of nitrogen functional groups attached to an aromatic ring is 1. The SMILES string of the molecule is Nc1nccn2c(-c3ccsc3)nc(-c3ccc(Oc4ccccc4)cc3)c12. The topological polar surface area (TPSA) is 65.4 Å². The van der Waals surface area contributed by atoms with Gasteiger partial charge in [-0.1, -0.05) is 18.2 Å². The summed E-state index contributed by atoms with van der Waals surface area (Å²) in [6.07, 6.45) is 3.59. The van der Waals surface area contributed by atoms with Crippen molar-refractivity contribution in [3.63, 3.8) is 0 Å². The summed E-state index contributed by atoms with van der Waals surface area (Å²) in [7, 11) is 0. The van der Waals surface area contributed by atoms with Gasteiger partial charge in [0.2, 0.25) is 0 Å². The van der Waals surface area contributed by atoms with E-state index in [0.29, 0.717) is 5.82 Å². The molecule has 5 aromatic rings. The molecule has 2 aromatic carbocycles. The van der Waals surface area contributed by atoms with Crippen LogP contribution < -0.4 is 10.5 Å². The average Bonchev–Trinajstić information content (AvgIpc) is 3.38. The Balaban J connectivity index is 1.58. The number of para-hydroxylation sites is 1. The number of thiophene rings is 1. The Bertz CT molecular complexity index is 1230. The number of imidazole rings is 1. The van der Waals surface area contributed by atoms with Crippen LogP contribution in [0, 0.1) is 0 Å². The molecule has 28 heavy (non-hydrogen) atoms. The highest BCUT2D eigenvalue weighted by Crippen LogP contribution is 2.33. The van der Waals surface area contributed by atoms with Gasteiger partial charge in [0.05, 0.1) is 0 Å². The maximum Gasteiger partial charge on any atom is 0.150 e. The number of ether oxygens (including phenoxy) is 1. The minimum Gasteiger partial charge on any atom is -0.457 e. The van der Waals surface area contributed by atoms with Gasteiger partial charge in [0.1, 0.15) is 34.4 Å². The van der Waals surface area contributed by atoms with Crippen molar-refractivity contribution in [3.8, 4) is 34.1 Å². The Labute approximate surface area is 165 Å². The summed E-state index contributed by atoms with van der Waals surface area (Å²) in [6.45, 7) is 0. The Kier molecular flexibility index (Phi) is 4.03. The zero-order valence-electron chi connectivity index (χ0n) is 14.8. The minimum absolute atomic E-state index is 0.455. The van der Waals surface area contributed by atoms with Gasteiger partial charge in [-0.25, -0.2) is 9.97 Å². The van der Waals surface area contributed by atoms with Crippen LogP contribution in [0.1, 0.15) is 0 Å². The molecular formula is C22H16N4OS. The van der Waals surface area contributed by atoms with Crippen LogP contribution in [0.15, 0.2) is 83.8 Å². The highest BCUT2D eigenvalue weighted by molar-refractivity contribution is 7.08. The molecule has 2 N–H and O–H groups in total. The monoisotopic (exact) mass is 384 g/mol. The van der Waals surface area contributed by atoms with Crippen molar-refractivity contribution in [3.05, 3.63) is 83.8 Å². The number of hydrogen-bond acceptors (Lipinski definition) is 5. The Hall–Kier alpha value is -3.64. The lowest BCUT2D eigenvalue weighted by atomic mass is 10.1. The molecule has 0 bridgehead atoms. The van der Waals surface area contributed by atoms with Crippen LogP contribution >= 0.6 is 11.3 Å². The van der Waals surface area contributed by atoms with Crippen molar-refractivity contribution in [1.82, 2.24) is 14.4 Å². The fourth-order valence-corrected chi connectivity index (χ4v) is 3.80. The maximum absolute atomic E-state index is 6.20. The van der Waals surface area contributed by atoms with E-state index in [-0.39, 0.29) is 0 Å². The van der Waals surface area contributed by atoms with Crippen LogP contribution in [-0.4, -0.2) is 14.4 Å². The van der Waals surface area contributed by atoms with Gasteiger partial charge >= 0.3 is 0 Å². The highest BCUT2D eigenvalue weighted by atomic mass is 32.1. The lowest BCUT2D eigenvalue weighted by Gasteiger charge is -2.06. The van der Waals surface area contributed by atoms with Gasteiger partial charge < -0.3 is 10.5 Å². The van der Waals surface area contributed by atoms with Gasteiger partial charge in [0.25, 0.3) is 0 Å². The van der Waals surface area contributed by atoms with E-state index in [2.05, 4.69) is 16.4 Å². The van der Waals surface area contributed by atoms with Crippen molar-refractivity contribution in [2.24, 2.45) is 0 Å². The number of nitrogens with two attached hydrogens (primary N) is 1. The molecule has 0 unspecified atom stereocenters. The van der Waals surface area contributed by atoms with E-state index in [4.69, 9.17) is 15.5 Å². The third-order valence-electron chi connectivity index (χ3n) is 4.47. The zero-order valence-corrected chi connectivity index (χ0v) is 15.6. The van der Waals surface area contributed by atoms with Gasteiger partial charge in [-0.15, -0.1) is 0 Å². The largest absolute Gasteiger partial charge is 0.457 e. The van der Waals surface area contributed by atoms with Crippen molar-refractivity contribution in [2.75, 3.05) is 5.73 Å². The molecule has 0 aliphatic heterocycles. The number of benzene rings is 2. The molecule has 5 rings (SSSR count). The second-order valence-corrected chi connectivity index (χ2v) is 7.05. The van der Waals surface area contributed by atoms with Gasteiger partial charge in [0.15, 0.2) is 0 Å². The zero-order chi connectivity index (χ0) is 18.9. The van der Waals surface area contributed by atoms with Gasteiger partial charge in [-0.3, -0.25) is 4.40 Å². The fourth-order valence-electron chi connectivity index (χ4n) is 3.17. The van der Waals surface area contributed by atoms with Gasteiger partial charge in [-0.05, 0) is 47.8 Å². The quantitative estimate of drug-likeness (QED) is 0.444. The molecule has 6 heteroatoms. The second kappa shape index (κ2) is 6.83. The third-order valence-corrected chi connectivity index (χ3v) is 5.15. The molecule has 3 heterocycles. The molecule has 0 saturated carbocycles. The number of aromatic nitrogens is 3. The van der Waals surface area contributed by atoms with E-state index in [1.807, 2.05) is 70.6 Å². The summed E-state index contributed by atoms with van der Waals surface area (Å²) >= 11 is 1.64. The predicted octanol–water partition coefficient (Wildman–Crippen LogP) is 5.50. The Morgan fingerprint density at radius 2 is 1.68 bits per heavy atom. The maximum atomic E-state index is 6.20. The van der Waals surface area contributed by atoms with Crippen LogP contribution in [0.2, 0.25) is 0 Å². The van der Waals surface area contributed by atoms with Gasteiger partial charge in [-0.2, -0.15) is 11.3 Å². The molecule has 0 aliphatic rings. The summed E-state index contributed by atoms with van der Waals surface area (Å²) in [5.41, 5.74) is 9.82. The lowest BCUT2D eigenvalue weighted by molar-refractivity contribution is 0.483. The Morgan fingerprint density at radius 3 is 2.43 bits per heavy atom. The second-order valence-electron chi connectivity index (χ2n) is 6.27. The van der Waals surface area contributed by atoms with Crippen LogP contribution in [0.3, 0.4) is 0 Å². The van der Waals surface area contributed by atoms with Crippen molar-refractivity contribution >= 4 is 22.7 Å². The first-order valence-electron chi connectivity index (χ1n) is 8.78. The summed E-state index contributed by atoms with van der Waals surface area (Å²) in [5, 5.41) is 4.11. The van der Waals surface area contributed by atoms with Crippen molar-refractivity contribution < 1.29 is 4.74 Å². The average molecular weight is 384 g/mol. The summed E-state index contributed by atoms with van der Waals surface area (Å²) < 4.78 is 7.88. The van der Waals surface area contributed by atoms with Gasteiger partial charge in [0, 0.05) is 28.9 Å². The van der Waals surface area contributed by atoms with E-state index >= 15 is 0 Å². The van der Waals surface area contributed by atoms with Crippen molar-refractivity contribution in [2.45, 2.75) is 0 Å². The molecule has 0 radical (unpaired) electrons. The number of nitrogens with zero attached hydrogens (tertiary/aromatic N) is 3. The van der Waals surface area contributed by atoms with E-state index in [0.717, 1.165) is 39.7 Å². The molecular weight excluding hydrogens is 368 g/mol. The van der Waals surface area contributed by atoms with Crippen LogP contribution in [0.5, 0.6) is 11.5 Å². The number of anilines is 1. The molecule has 0 aliphatic carbocycles. The molecule has 0 atom stereocenters. The first-order valence-corrected chi connectivity index (χ1v) is 9.72. The van der Waals surface area contributed by atoms with Crippen LogP contribution in [0.4, 0.5) is 5.82 Å². The summed E-state index contributed by atoms with van der Waals surface area (Å²) in [5.74, 6) is 2.87. The molecule has 3 aromatic heterocycles. The molecule has 5 nitrogen and oxygen atoms in total. The predicted molar refractivity (Wildman–Crippen MR) is 113 cm³/mol. The number of fused-ring (bicyclic) bond motifs is 1. The van der Waals surface area contributed by atoms with E-state index in [1.165, 1.54) is 0 Å². The third kappa shape index (κ3) is 2.90. The standard InChI is InChI=1S/C22H16N4OS/c23-21-20-19(25-22(16-10-13-28-14-16)26(20)12-11-24-21)15-6-8-18(9-7-15)27-17-4-2-1-3-5-17/h1-14H,(H2,23,24). The summed E-state index contributed by atoms with van der Waals surface area (Å²) in [4.78, 5) is 9.14. The first-order chi connectivity index (χ1) is 13.8. The lowest BCUT2D eigenvalue weighted by Crippen LogP contribution is -1.96. The molecule has 0 saturated heterocycles. The van der Waals surface area contributed by atoms with Crippen LogP contribution in [-0.2, 0) is 0 Å². The fraction of sp³-hybridized carbons (Fsp3) is 0.